The molecule has 1 N–H and O–H groups in total. The quantitative estimate of drug-likeness (QED) is 0.875. The van der Waals surface area contributed by atoms with Gasteiger partial charge in [0.15, 0.2) is 10.7 Å². The maximum atomic E-state index is 11.2. The second-order valence-electron chi connectivity index (χ2n) is 4.09. The lowest BCUT2D eigenvalue weighted by Crippen LogP contribution is -2.28. The van der Waals surface area contributed by atoms with E-state index < -0.39 is 11.4 Å². The number of carboxylic acids is 1. The Morgan fingerprint density at radius 2 is 2.19 bits per heavy atom. The summed E-state index contributed by atoms with van der Waals surface area (Å²) in [5, 5.41) is 13.7. The number of hydrogen-bond acceptors (Lipinski definition) is 3. The van der Waals surface area contributed by atoms with Crippen LogP contribution in [0.5, 0.6) is 0 Å². The molecule has 2 aromatic rings. The molecule has 1 aromatic heterocycles. The Morgan fingerprint density at radius 3 is 2.81 bits per heavy atom. The smallest absolute Gasteiger partial charge is 0.313 e. The first-order valence-electron chi connectivity index (χ1n) is 4.72. The predicted octanol–water partition coefficient (Wildman–Crippen LogP) is 2.84. The van der Waals surface area contributed by atoms with E-state index in [9.17, 15) is 4.79 Å². The molecule has 0 atom stereocenters. The van der Waals surface area contributed by atoms with Gasteiger partial charge in [-0.2, -0.15) is 0 Å². The number of para-hydroxylation sites is 1. The number of fused-ring (bicyclic) bond motifs is 1. The first kappa shape index (κ1) is 11.0. The van der Waals surface area contributed by atoms with E-state index >= 15 is 0 Å². The van der Waals surface area contributed by atoms with Crippen LogP contribution in [0.3, 0.4) is 0 Å². The molecule has 0 spiro atoms. The van der Waals surface area contributed by atoms with Gasteiger partial charge in [0.25, 0.3) is 0 Å². The molecule has 2 rings (SSSR count). The van der Waals surface area contributed by atoms with Crippen molar-refractivity contribution in [1.82, 2.24) is 5.16 Å². The summed E-state index contributed by atoms with van der Waals surface area (Å²) in [7, 11) is 0. The van der Waals surface area contributed by atoms with E-state index in [1.54, 1.807) is 32.0 Å². The first-order chi connectivity index (χ1) is 7.44. The van der Waals surface area contributed by atoms with Crippen LogP contribution in [0.25, 0.3) is 11.0 Å². The van der Waals surface area contributed by atoms with E-state index in [2.05, 4.69) is 5.16 Å². The van der Waals surface area contributed by atoms with Gasteiger partial charge in [-0.1, -0.05) is 28.9 Å². The molecule has 0 saturated heterocycles. The number of nitrogens with zero attached hydrogens (tertiary/aromatic N) is 1. The third-order valence-electron chi connectivity index (χ3n) is 2.66. The summed E-state index contributed by atoms with van der Waals surface area (Å²) >= 11 is 5.82. The molecule has 0 bridgehead atoms. The van der Waals surface area contributed by atoms with Crippen molar-refractivity contribution in [2.75, 3.05) is 0 Å². The number of aliphatic carboxylic acids is 1. The lowest BCUT2D eigenvalue weighted by molar-refractivity contribution is -0.142. The highest BCUT2D eigenvalue weighted by molar-refractivity contribution is 6.34. The number of carboxylic acid groups (broad SMARTS) is 1. The summed E-state index contributed by atoms with van der Waals surface area (Å²) in [6, 6.07) is 5.19. The van der Waals surface area contributed by atoms with Gasteiger partial charge >= 0.3 is 5.97 Å². The lowest BCUT2D eigenvalue weighted by Gasteiger charge is -2.19. The van der Waals surface area contributed by atoms with Crippen LogP contribution in [0.15, 0.2) is 22.7 Å². The van der Waals surface area contributed by atoms with Gasteiger partial charge in [0, 0.05) is 5.56 Å². The van der Waals surface area contributed by atoms with Crippen molar-refractivity contribution in [3.05, 3.63) is 28.9 Å². The standard InChI is InChI=1S/C11H10ClNO3/c1-11(2,10(14)15)7-5-3-4-6-8(7)16-13-9(6)12/h3-5H,1-2H3,(H,14,15). The molecular formula is C11H10ClNO3. The highest BCUT2D eigenvalue weighted by Crippen LogP contribution is 2.33. The Hall–Kier alpha value is -1.55. The van der Waals surface area contributed by atoms with Crippen LogP contribution in [0.2, 0.25) is 5.15 Å². The SMILES string of the molecule is CC(C)(C(=O)O)c1cccc2c(Cl)noc12. The molecule has 0 radical (unpaired) electrons. The predicted molar refractivity (Wildman–Crippen MR) is 59.7 cm³/mol. The van der Waals surface area contributed by atoms with Gasteiger partial charge in [-0.05, 0) is 19.9 Å². The Morgan fingerprint density at radius 1 is 1.50 bits per heavy atom. The molecule has 16 heavy (non-hydrogen) atoms. The van der Waals surface area contributed by atoms with E-state index in [1.165, 1.54) is 0 Å². The van der Waals surface area contributed by atoms with Gasteiger partial charge in [0.2, 0.25) is 0 Å². The number of hydrogen-bond donors (Lipinski definition) is 1. The van der Waals surface area contributed by atoms with Crippen molar-refractivity contribution in [2.24, 2.45) is 0 Å². The van der Waals surface area contributed by atoms with Crippen molar-refractivity contribution in [3.8, 4) is 0 Å². The van der Waals surface area contributed by atoms with E-state index in [1.807, 2.05) is 0 Å². The third-order valence-corrected chi connectivity index (χ3v) is 2.93. The molecule has 1 heterocycles. The fourth-order valence-electron chi connectivity index (χ4n) is 1.54. The summed E-state index contributed by atoms with van der Waals surface area (Å²) in [4.78, 5) is 11.2. The van der Waals surface area contributed by atoms with Crippen LogP contribution in [-0.2, 0) is 10.2 Å². The lowest BCUT2D eigenvalue weighted by atomic mass is 9.84. The largest absolute Gasteiger partial charge is 0.481 e. The minimum absolute atomic E-state index is 0.248. The van der Waals surface area contributed by atoms with E-state index in [-0.39, 0.29) is 5.15 Å². The number of halogens is 1. The molecule has 0 aliphatic carbocycles. The normalized spacial score (nSPS) is 11.9. The highest BCUT2D eigenvalue weighted by atomic mass is 35.5. The summed E-state index contributed by atoms with van der Waals surface area (Å²) in [5.74, 6) is -0.924. The van der Waals surface area contributed by atoms with Crippen molar-refractivity contribution in [2.45, 2.75) is 19.3 Å². The summed E-state index contributed by atoms with van der Waals surface area (Å²) < 4.78 is 5.07. The van der Waals surface area contributed by atoms with Crippen molar-refractivity contribution >= 4 is 28.5 Å². The second-order valence-corrected chi connectivity index (χ2v) is 4.44. The van der Waals surface area contributed by atoms with Crippen LogP contribution in [0, 0.1) is 0 Å². The average Bonchev–Trinajstić information content (AvgIpc) is 2.60. The van der Waals surface area contributed by atoms with E-state index in [0.717, 1.165) is 0 Å². The van der Waals surface area contributed by atoms with Crippen LogP contribution in [-0.4, -0.2) is 16.2 Å². The van der Waals surface area contributed by atoms with Gasteiger partial charge in [-0.3, -0.25) is 4.79 Å². The van der Waals surface area contributed by atoms with E-state index in [0.29, 0.717) is 16.5 Å². The Balaban J connectivity index is 2.75. The van der Waals surface area contributed by atoms with Crippen molar-refractivity contribution in [3.63, 3.8) is 0 Å². The zero-order valence-corrected chi connectivity index (χ0v) is 9.58. The maximum Gasteiger partial charge on any atom is 0.313 e. The van der Waals surface area contributed by atoms with Crippen LogP contribution >= 0.6 is 11.6 Å². The summed E-state index contributed by atoms with van der Waals surface area (Å²) in [5.41, 5.74) is -0.0423. The monoisotopic (exact) mass is 239 g/mol. The fraction of sp³-hybridized carbons (Fsp3) is 0.273. The van der Waals surface area contributed by atoms with Gasteiger partial charge in [-0.15, -0.1) is 0 Å². The van der Waals surface area contributed by atoms with Gasteiger partial charge in [0.1, 0.15) is 0 Å². The second kappa shape index (κ2) is 3.49. The minimum atomic E-state index is -1.04. The highest BCUT2D eigenvalue weighted by Gasteiger charge is 2.32. The van der Waals surface area contributed by atoms with E-state index in [4.69, 9.17) is 21.2 Å². The zero-order chi connectivity index (χ0) is 11.9. The number of aromatic nitrogens is 1. The molecule has 5 heteroatoms. The molecule has 84 valence electrons. The first-order valence-corrected chi connectivity index (χ1v) is 5.10. The molecule has 0 saturated carbocycles. The van der Waals surface area contributed by atoms with Gasteiger partial charge in [0.05, 0.1) is 10.8 Å². The fourth-order valence-corrected chi connectivity index (χ4v) is 1.72. The van der Waals surface area contributed by atoms with Gasteiger partial charge in [-0.25, -0.2) is 0 Å². The maximum absolute atomic E-state index is 11.2. The van der Waals surface area contributed by atoms with Gasteiger partial charge < -0.3 is 9.63 Å². The molecule has 1 aromatic carbocycles. The molecular weight excluding hydrogens is 230 g/mol. The van der Waals surface area contributed by atoms with Crippen molar-refractivity contribution in [1.29, 1.82) is 0 Å². The number of benzene rings is 1. The summed E-state index contributed by atoms with van der Waals surface area (Å²) in [6.45, 7) is 3.22. The average molecular weight is 240 g/mol. The van der Waals surface area contributed by atoms with Crippen LogP contribution in [0.4, 0.5) is 0 Å². The Kier molecular flexibility index (Phi) is 2.39. The topological polar surface area (TPSA) is 63.3 Å². The van der Waals surface area contributed by atoms with Crippen molar-refractivity contribution < 1.29 is 14.4 Å². The third kappa shape index (κ3) is 1.46. The molecule has 0 unspecified atom stereocenters. The Labute approximate surface area is 96.8 Å². The zero-order valence-electron chi connectivity index (χ0n) is 8.82. The van der Waals surface area contributed by atoms with Crippen LogP contribution < -0.4 is 0 Å². The molecule has 0 amide bonds. The molecule has 0 aliphatic rings. The minimum Gasteiger partial charge on any atom is -0.481 e. The number of rotatable bonds is 2. The molecule has 4 nitrogen and oxygen atoms in total. The molecule has 0 aliphatic heterocycles. The van der Waals surface area contributed by atoms with Crippen LogP contribution in [0.1, 0.15) is 19.4 Å². The summed E-state index contributed by atoms with van der Waals surface area (Å²) in [6.07, 6.45) is 0. The number of carbonyl (C=O) groups is 1. The Bertz CT molecular complexity index is 559. The molecule has 0 fully saturated rings.